The molecule has 0 bridgehead atoms. The highest BCUT2D eigenvalue weighted by Gasteiger charge is 1.99. The van der Waals surface area contributed by atoms with Gasteiger partial charge >= 0.3 is 0 Å². The number of imidazole rings is 1. The van der Waals surface area contributed by atoms with Crippen molar-refractivity contribution < 1.29 is 0 Å². The summed E-state index contributed by atoms with van der Waals surface area (Å²) in [5, 5.41) is 1.19. The molecular weight excluding hydrogens is 281 g/mol. The van der Waals surface area contributed by atoms with Crippen molar-refractivity contribution in [3.63, 3.8) is 0 Å². The lowest BCUT2D eigenvalue weighted by molar-refractivity contribution is 1.34. The maximum atomic E-state index is 6.08. The van der Waals surface area contributed by atoms with Gasteiger partial charge in [-0.2, -0.15) is 0 Å². The number of H-pyrrole nitrogens is 1. The van der Waals surface area contributed by atoms with Gasteiger partial charge in [-0.15, -0.1) is 0 Å². The molecule has 1 aromatic heterocycles. The summed E-state index contributed by atoms with van der Waals surface area (Å²) in [5.74, 6) is 0. The molecule has 0 fully saturated rings. The summed E-state index contributed by atoms with van der Waals surface area (Å²) in [6, 6.07) is 11.1. The number of aliphatic imine (C=N–C) groups is 1. The van der Waals surface area contributed by atoms with Gasteiger partial charge in [0.05, 0.1) is 28.1 Å². The molecule has 0 radical (unpaired) electrons. The summed E-state index contributed by atoms with van der Waals surface area (Å²) < 4.78 is 0. The Morgan fingerprint density at radius 1 is 1.11 bits per heavy atom. The van der Waals surface area contributed by atoms with Crippen LogP contribution in [-0.4, -0.2) is 16.2 Å². The van der Waals surface area contributed by atoms with Crippen molar-refractivity contribution in [2.24, 2.45) is 4.99 Å². The lowest BCUT2D eigenvalue weighted by Crippen LogP contribution is -1.82. The normalized spacial score (nSPS) is 11.5. The van der Waals surface area contributed by atoms with Gasteiger partial charge in [-0.3, -0.25) is 4.99 Å². The minimum atomic E-state index is 0.582. The Balaban J connectivity index is 1.92. The number of benzene rings is 2. The summed E-state index contributed by atoms with van der Waals surface area (Å²) in [4.78, 5) is 11.6. The van der Waals surface area contributed by atoms with Crippen LogP contribution in [0.1, 0.15) is 5.56 Å². The fourth-order valence-electron chi connectivity index (χ4n) is 1.75. The minimum Gasteiger partial charge on any atom is -0.345 e. The first-order valence-corrected chi connectivity index (χ1v) is 6.40. The average Bonchev–Trinajstić information content (AvgIpc) is 2.85. The van der Waals surface area contributed by atoms with Gasteiger partial charge < -0.3 is 4.98 Å². The first-order chi connectivity index (χ1) is 9.22. The lowest BCUT2D eigenvalue weighted by Gasteiger charge is -1.98. The van der Waals surface area contributed by atoms with Crippen molar-refractivity contribution in [3.05, 3.63) is 58.3 Å². The molecule has 0 atom stereocenters. The van der Waals surface area contributed by atoms with Gasteiger partial charge in [-0.25, -0.2) is 4.98 Å². The predicted molar refractivity (Wildman–Crippen MR) is 79.8 cm³/mol. The van der Waals surface area contributed by atoms with Crippen LogP contribution in [0.4, 0.5) is 5.69 Å². The number of nitrogens with zero attached hydrogens (tertiary/aromatic N) is 2. The molecule has 0 spiro atoms. The van der Waals surface area contributed by atoms with Crippen LogP contribution in [0.15, 0.2) is 47.7 Å². The van der Waals surface area contributed by atoms with Gasteiger partial charge in [0.15, 0.2) is 0 Å². The Morgan fingerprint density at radius 3 is 2.84 bits per heavy atom. The molecule has 0 aliphatic carbocycles. The predicted octanol–water partition coefficient (Wildman–Crippen LogP) is 4.62. The third-order valence-electron chi connectivity index (χ3n) is 2.72. The Morgan fingerprint density at radius 2 is 2.00 bits per heavy atom. The number of fused-ring (bicyclic) bond motifs is 1. The first kappa shape index (κ1) is 12.2. The molecular formula is C14H9Cl2N3. The molecule has 0 aliphatic heterocycles. The van der Waals surface area contributed by atoms with Crippen molar-refractivity contribution >= 4 is 46.1 Å². The zero-order chi connectivity index (χ0) is 13.2. The quantitative estimate of drug-likeness (QED) is 0.687. The van der Waals surface area contributed by atoms with Crippen molar-refractivity contribution in [1.82, 2.24) is 9.97 Å². The summed E-state index contributed by atoms with van der Waals surface area (Å²) in [6.45, 7) is 0. The van der Waals surface area contributed by atoms with Crippen LogP contribution in [0.25, 0.3) is 11.0 Å². The van der Waals surface area contributed by atoms with Crippen LogP contribution in [0, 0.1) is 0 Å². The second-order valence-electron chi connectivity index (χ2n) is 4.03. The molecule has 1 N–H and O–H groups in total. The van der Waals surface area contributed by atoms with E-state index in [1.807, 2.05) is 24.3 Å². The Bertz CT molecular complexity index is 762. The molecule has 1 heterocycles. The molecule has 0 aliphatic rings. The summed E-state index contributed by atoms with van der Waals surface area (Å²) >= 11 is 11.9. The van der Waals surface area contributed by atoms with E-state index in [-0.39, 0.29) is 0 Å². The van der Waals surface area contributed by atoms with E-state index in [0.29, 0.717) is 10.0 Å². The second kappa shape index (κ2) is 5.03. The standard InChI is InChI=1S/C14H9Cl2N3/c15-10-2-1-9(12(16)5-10)7-17-11-3-4-13-14(6-11)19-8-18-13/h1-8H,(H,18,19). The van der Waals surface area contributed by atoms with Gasteiger partial charge in [0.2, 0.25) is 0 Å². The van der Waals surface area contributed by atoms with Gasteiger partial charge in [0.25, 0.3) is 0 Å². The molecule has 94 valence electrons. The minimum absolute atomic E-state index is 0.582. The highest BCUT2D eigenvalue weighted by molar-refractivity contribution is 6.36. The van der Waals surface area contributed by atoms with E-state index in [9.17, 15) is 0 Å². The fourth-order valence-corrected chi connectivity index (χ4v) is 2.21. The third-order valence-corrected chi connectivity index (χ3v) is 3.28. The highest BCUT2D eigenvalue weighted by atomic mass is 35.5. The molecule has 5 heteroatoms. The maximum absolute atomic E-state index is 6.08. The van der Waals surface area contributed by atoms with Crippen molar-refractivity contribution in [3.8, 4) is 0 Å². The molecule has 19 heavy (non-hydrogen) atoms. The van der Waals surface area contributed by atoms with E-state index < -0.39 is 0 Å². The van der Waals surface area contributed by atoms with Crippen LogP contribution in [0.3, 0.4) is 0 Å². The molecule has 3 rings (SSSR count). The largest absolute Gasteiger partial charge is 0.345 e. The Kier molecular flexibility index (Phi) is 3.23. The zero-order valence-corrected chi connectivity index (χ0v) is 11.3. The van der Waals surface area contributed by atoms with Gasteiger partial charge in [-0.05, 0) is 30.3 Å². The van der Waals surface area contributed by atoms with E-state index in [0.717, 1.165) is 22.3 Å². The topological polar surface area (TPSA) is 41.0 Å². The van der Waals surface area contributed by atoms with E-state index in [1.165, 1.54) is 0 Å². The van der Waals surface area contributed by atoms with Gasteiger partial charge in [0, 0.05) is 16.8 Å². The maximum Gasteiger partial charge on any atom is 0.0931 e. The Hall–Kier alpha value is -1.84. The van der Waals surface area contributed by atoms with Crippen LogP contribution >= 0.6 is 23.2 Å². The van der Waals surface area contributed by atoms with E-state index in [4.69, 9.17) is 23.2 Å². The van der Waals surface area contributed by atoms with Crippen LogP contribution in [-0.2, 0) is 0 Å². The smallest absolute Gasteiger partial charge is 0.0931 e. The number of aromatic nitrogens is 2. The number of aromatic amines is 1. The average molecular weight is 290 g/mol. The number of nitrogens with one attached hydrogen (secondary N) is 1. The van der Waals surface area contributed by atoms with Crippen molar-refractivity contribution in [2.45, 2.75) is 0 Å². The molecule has 3 nitrogen and oxygen atoms in total. The second-order valence-corrected chi connectivity index (χ2v) is 4.87. The number of rotatable bonds is 2. The Labute approximate surface area is 119 Å². The van der Waals surface area contributed by atoms with E-state index >= 15 is 0 Å². The van der Waals surface area contributed by atoms with Gasteiger partial charge in [0.1, 0.15) is 0 Å². The highest BCUT2D eigenvalue weighted by Crippen LogP contribution is 2.22. The van der Waals surface area contributed by atoms with Crippen molar-refractivity contribution in [2.75, 3.05) is 0 Å². The lowest BCUT2D eigenvalue weighted by atomic mass is 10.2. The van der Waals surface area contributed by atoms with E-state index in [1.54, 1.807) is 24.7 Å². The molecule has 0 saturated carbocycles. The van der Waals surface area contributed by atoms with Crippen LogP contribution in [0.5, 0.6) is 0 Å². The van der Waals surface area contributed by atoms with Crippen molar-refractivity contribution in [1.29, 1.82) is 0 Å². The van der Waals surface area contributed by atoms with E-state index in [2.05, 4.69) is 15.0 Å². The number of hydrogen-bond acceptors (Lipinski definition) is 2. The molecule has 0 amide bonds. The molecule has 0 unspecified atom stereocenters. The number of hydrogen-bond donors (Lipinski definition) is 1. The molecule has 3 aromatic rings. The zero-order valence-electron chi connectivity index (χ0n) is 9.77. The molecule has 0 saturated heterocycles. The summed E-state index contributed by atoms with van der Waals surface area (Å²) in [5.41, 5.74) is 3.54. The monoisotopic (exact) mass is 289 g/mol. The summed E-state index contributed by atoms with van der Waals surface area (Å²) in [6.07, 6.45) is 3.38. The van der Waals surface area contributed by atoms with Gasteiger partial charge in [-0.1, -0.05) is 29.3 Å². The van der Waals surface area contributed by atoms with Crippen LogP contribution in [0.2, 0.25) is 10.0 Å². The number of halogens is 2. The summed E-state index contributed by atoms with van der Waals surface area (Å²) in [7, 11) is 0. The molecule has 2 aromatic carbocycles. The first-order valence-electron chi connectivity index (χ1n) is 5.64. The van der Waals surface area contributed by atoms with Crippen LogP contribution < -0.4 is 0 Å². The fraction of sp³-hybridized carbons (Fsp3) is 0. The SMILES string of the molecule is Clc1ccc(C=Nc2ccc3nc[nH]c3c2)c(Cl)c1. The third kappa shape index (κ3) is 2.62.